The monoisotopic (exact) mass is 251 g/mol. The predicted octanol–water partition coefficient (Wildman–Crippen LogP) is 3.39. The summed E-state index contributed by atoms with van der Waals surface area (Å²) >= 11 is 3.51. The number of benzene rings is 1. The molecule has 1 aromatic rings. The summed E-state index contributed by atoms with van der Waals surface area (Å²) in [5, 5.41) is 0. The zero-order chi connectivity index (χ0) is 9.97. The van der Waals surface area contributed by atoms with E-state index in [1.165, 1.54) is 15.7 Å². The highest BCUT2D eigenvalue weighted by molar-refractivity contribution is 9.10. The second-order valence-electron chi connectivity index (χ2n) is 3.50. The SMILES string of the molecule is CCc1cc(Br)ccc1N1CC=CC1. The van der Waals surface area contributed by atoms with Gasteiger partial charge in [0, 0.05) is 23.2 Å². The number of hydrogen-bond acceptors (Lipinski definition) is 1. The van der Waals surface area contributed by atoms with Gasteiger partial charge in [0.15, 0.2) is 0 Å². The largest absolute Gasteiger partial charge is 0.364 e. The van der Waals surface area contributed by atoms with Gasteiger partial charge in [-0.25, -0.2) is 0 Å². The molecule has 1 aliphatic rings. The summed E-state index contributed by atoms with van der Waals surface area (Å²) < 4.78 is 1.17. The third-order valence-electron chi connectivity index (χ3n) is 2.58. The lowest BCUT2D eigenvalue weighted by Crippen LogP contribution is -2.19. The molecular formula is C12H14BrN. The first-order valence-electron chi connectivity index (χ1n) is 4.99. The van der Waals surface area contributed by atoms with Gasteiger partial charge in [0.2, 0.25) is 0 Å². The molecule has 0 N–H and O–H groups in total. The van der Waals surface area contributed by atoms with Crippen LogP contribution in [0.1, 0.15) is 12.5 Å². The maximum Gasteiger partial charge on any atom is 0.0405 e. The van der Waals surface area contributed by atoms with Crippen LogP contribution in [-0.4, -0.2) is 13.1 Å². The van der Waals surface area contributed by atoms with Gasteiger partial charge in [-0.1, -0.05) is 35.0 Å². The van der Waals surface area contributed by atoms with Gasteiger partial charge in [0.25, 0.3) is 0 Å². The van der Waals surface area contributed by atoms with Crippen molar-refractivity contribution in [3.8, 4) is 0 Å². The van der Waals surface area contributed by atoms with Gasteiger partial charge in [-0.3, -0.25) is 0 Å². The van der Waals surface area contributed by atoms with E-state index in [2.05, 4.69) is 58.1 Å². The Morgan fingerprint density at radius 1 is 1.29 bits per heavy atom. The molecule has 0 aliphatic carbocycles. The van der Waals surface area contributed by atoms with E-state index in [-0.39, 0.29) is 0 Å². The topological polar surface area (TPSA) is 3.24 Å². The van der Waals surface area contributed by atoms with Gasteiger partial charge in [-0.15, -0.1) is 0 Å². The van der Waals surface area contributed by atoms with E-state index in [0.29, 0.717) is 0 Å². The van der Waals surface area contributed by atoms with E-state index in [1.54, 1.807) is 0 Å². The zero-order valence-electron chi connectivity index (χ0n) is 8.33. The summed E-state index contributed by atoms with van der Waals surface area (Å²) in [6.07, 6.45) is 5.54. The molecule has 1 nitrogen and oxygen atoms in total. The summed E-state index contributed by atoms with van der Waals surface area (Å²) in [7, 11) is 0. The molecule has 0 unspecified atom stereocenters. The van der Waals surface area contributed by atoms with Crippen LogP contribution in [0, 0.1) is 0 Å². The smallest absolute Gasteiger partial charge is 0.0405 e. The Kier molecular flexibility index (Phi) is 2.92. The van der Waals surface area contributed by atoms with Crippen LogP contribution in [0.3, 0.4) is 0 Å². The average molecular weight is 252 g/mol. The number of rotatable bonds is 2. The van der Waals surface area contributed by atoms with Crippen molar-refractivity contribution in [2.45, 2.75) is 13.3 Å². The van der Waals surface area contributed by atoms with E-state index >= 15 is 0 Å². The number of halogens is 1. The lowest BCUT2D eigenvalue weighted by molar-refractivity contribution is 0.978. The van der Waals surface area contributed by atoms with Gasteiger partial charge in [0.05, 0.1) is 0 Å². The Balaban J connectivity index is 2.32. The van der Waals surface area contributed by atoms with Crippen molar-refractivity contribution < 1.29 is 0 Å². The molecule has 1 heterocycles. The molecule has 1 aromatic carbocycles. The second kappa shape index (κ2) is 4.18. The Morgan fingerprint density at radius 3 is 2.64 bits per heavy atom. The van der Waals surface area contributed by atoms with Crippen molar-refractivity contribution >= 4 is 21.6 Å². The summed E-state index contributed by atoms with van der Waals surface area (Å²) in [6, 6.07) is 6.54. The Bertz CT molecular complexity index is 349. The first-order chi connectivity index (χ1) is 6.81. The molecule has 0 bridgehead atoms. The minimum Gasteiger partial charge on any atom is -0.364 e. The molecular weight excluding hydrogens is 238 g/mol. The predicted molar refractivity (Wildman–Crippen MR) is 64.9 cm³/mol. The van der Waals surface area contributed by atoms with Gasteiger partial charge in [-0.05, 0) is 30.2 Å². The van der Waals surface area contributed by atoms with Crippen molar-refractivity contribution in [3.63, 3.8) is 0 Å². The molecule has 0 atom stereocenters. The number of nitrogens with zero attached hydrogens (tertiary/aromatic N) is 1. The van der Waals surface area contributed by atoms with E-state index in [1.807, 2.05) is 0 Å². The highest BCUT2D eigenvalue weighted by atomic mass is 79.9. The van der Waals surface area contributed by atoms with Crippen LogP contribution in [-0.2, 0) is 6.42 Å². The summed E-state index contributed by atoms with van der Waals surface area (Å²) in [5.74, 6) is 0. The molecule has 0 amide bonds. The Labute approximate surface area is 93.6 Å². The maximum absolute atomic E-state index is 3.51. The van der Waals surface area contributed by atoms with Crippen LogP contribution >= 0.6 is 15.9 Å². The first-order valence-corrected chi connectivity index (χ1v) is 5.79. The van der Waals surface area contributed by atoms with Crippen LogP contribution in [0.4, 0.5) is 5.69 Å². The molecule has 74 valence electrons. The van der Waals surface area contributed by atoms with Crippen LogP contribution in [0.25, 0.3) is 0 Å². The van der Waals surface area contributed by atoms with Crippen molar-refractivity contribution in [1.29, 1.82) is 0 Å². The van der Waals surface area contributed by atoms with Gasteiger partial charge in [-0.2, -0.15) is 0 Å². The second-order valence-corrected chi connectivity index (χ2v) is 4.42. The molecule has 0 spiro atoms. The zero-order valence-corrected chi connectivity index (χ0v) is 9.92. The number of aryl methyl sites for hydroxylation is 1. The van der Waals surface area contributed by atoms with E-state index in [9.17, 15) is 0 Å². The molecule has 0 aromatic heterocycles. The third-order valence-corrected chi connectivity index (χ3v) is 3.07. The minimum absolute atomic E-state index is 1.05. The normalized spacial score (nSPS) is 15.1. The van der Waals surface area contributed by atoms with E-state index in [4.69, 9.17) is 0 Å². The van der Waals surface area contributed by atoms with Crippen LogP contribution in [0.2, 0.25) is 0 Å². The average Bonchev–Trinajstić information content (AvgIpc) is 2.70. The van der Waals surface area contributed by atoms with Crippen LogP contribution in [0.15, 0.2) is 34.8 Å². The summed E-state index contributed by atoms with van der Waals surface area (Å²) in [4.78, 5) is 2.39. The molecule has 0 radical (unpaired) electrons. The summed E-state index contributed by atoms with van der Waals surface area (Å²) in [5.41, 5.74) is 2.80. The molecule has 0 saturated heterocycles. The van der Waals surface area contributed by atoms with Gasteiger partial charge >= 0.3 is 0 Å². The molecule has 0 fully saturated rings. The fraction of sp³-hybridized carbons (Fsp3) is 0.333. The summed E-state index contributed by atoms with van der Waals surface area (Å²) in [6.45, 7) is 4.30. The van der Waals surface area contributed by atoms with Crippen LogP contribution in [0.5, 0.6) is 0 Å². The maximum atomic E-state index is 3.51. The first kappa shape index (κ1) is 9.78. The fourth-order valence-electron chi connectivity index (χ4n) is 1.82. The van der Waals surface area contributed by atoms with E-state index < -0.39 is 0 Å². The highest BCUT2D eigenvalue weighted by Gasteiger charge is 2.11. The van der Waals surface area contributed by atoms with E-state index in [0.717, 1.165) is 19.5 Å². The number of hydrogen-bond donors (Lipinski definition) is 0. The molecule has 0 saturated carbocycles. The highest BCUT2D eigenvalue weighted by Crippen LogP contribution is 2.26. The lowest BCUT2D eigenvalue weighted by atomic mass is 10.1. The van der Waals surface area contributed by atoms with Crippen molar-refractivity contribution in [2.75, 3.05) is 18.0 Å². The third kappa shape index (κ3) is 1.85. The molecule has 2 heteroatoms. The standard InChI is InChI=1S/C12H14BrN/c1-2-10-9-11(13)5-6-12(10)14-7-3-4-8-14/h3-6,9H,2,7-8H2,1H3. The van der Waals surface area contributed by atoms with Crippen molar-refractivity contribution in [1.82, 2.24) is 0 Å². The van der Waals surface area contributed by atoms with Crippen LogP contribution < -0.4 is 4.90 Å². The Morgan fingerprint density at radius 2 is 2.00 bits per heavy atom. The Hall–Kier alpha value is -0.760. The molecule has 14 heavy (non-hydrogen) atoms. The minimum atomic E-state index is 1.05. The van der Waals surface area contributed by atoms with Crippen molar-refractivity contribution in [2.24, 2.45) is 0 Å². The fourth-order valence-corrected chi connectivity index (χ4v) is 2.23. The molecule has 2 rings (SSSR count). The quantitative estimate of drug-likeness (QED) is 0.729. The van der Waals surface area contributed by atoms with Crippen molar-refractivity contribution in [3.05, 3.63) is 40.4 Å². The van der Waals surface area contributed by atoms with Gasteiger partial charge < -0.3 is 4.90 Å². The van der Waals surface area contributed by atoms with Gasteiger partial charge in [0.1, 0.15) is 0 Å². The number of anilines is 1. The lowest BCUT2D eigenvalue weighted by Gasteiger charge is -2.21. The molecule has 1 aliphatic heterocycles.